The molecule has 132 valence electrons. The first-order chi connectivity index (χ1) is 12.3. The van der Waals surface area contributed by atoms with Gasteiger partial charge < -0.3 is 4.98 Å². The molecule has 4 nitrogen and oxygen atoms in total. The molecule has 0 aliphatic heterocycles. The number of rotatable bonds is 3. The van der Waals surface area contributed by atoms with Crippen LogP contribution in [0, 0.1) is 17.1 Å². The third kappa shape index (κ3) is 3.26. The minimum Gasteiger partial charge on any atom is -0.343 e. The molecule has 1 N–H and O–H groups in total. The number of aromatic amines is 1. The van der Waals surface area contributed by atoms with Crippen LogP contribution < -0.4 is 0 Å². The number of aromatic nitrogens is 1. The van der Waals surface area contributed by atoms with Crippen LogP contribution in [0.5, 0.6) is 0 Å². The normalized spacial score (nSPS) is 11.3. The molecular formula is C17H8BrCl2FN2O2S. The Morgan fingerprint density at radius 3 is 2.35 bits per heavy atom. The lowest BCUT2D eigenvalue weighted by Gasteiger charge is -2.04. The van der Waals surface area contributed by atoms with Crippen LogP contribution in [0.25, 0.3) is 11.3 Å². The monoisotopic (exact) mass is 472 g/mol. The first-order valence-corrected chi connectivity index (χ1v) is 10.1. The van der Waals surface area contributed by atoms with Crippen LogP contribution in [-0.2, 0) is 9.84 Å². The van der Waals surface area contributed by atoms with E-state index < -0.39 is 15.7 Å². The molecule has 0 radical (unpaired) electrons. The largest absolute Gasteiger partial charge is 0.343 e. The molecule has 0 bridgehead atoms. The lowest BCUT2D eigenvalue weighted by Crippen LogP contribution is -2.03. The Hall–Kier alpha value is -1.85. The van der Waals surface area contributed by atoms with Crippen molar-refractivity contribution in [3.63, 3.8) is 0 Å². The van der Waals surface area contributed by atoms with E-state index in [4.69, 9.17) is 23.2 Å². The number of nitriles is 1. The van der Waals surface area contributed by atoms with Gasteiger partial charge in [-0.25, -0.2) is 12.8 Å². The third-order valence-electron chi connectivity index (χ3n) is 3.62. The van der Waals surface area contributed by atoms with E-state index in [0.29, 0.717) is 16.3 Å². The molecule has 3 aromatic rings. The van der Waals surface area contributed by atoms with Gasteiger partial charge in [0.15, 0.2) is 5.03 Å². The highest BCUT2D eigenvalue weighted by atomic mass is 79.9. The second kappa shape index (κ2) is 7.05. The molecule has 0 saturated heterocycles. The van der Waals surface area contributed by atoms with Gasteiger partial charge in [-0.15, -0.1) is 0 Å². The van der Waals surface area contributed by atoms with Crippen molar-refractivity contribution in [2.75, 3.05) is 0 Å². The average Bonchev–Trinajstić information content (AvgIpc) is 2.95. The van der Waals surface area contributed by atoms with Gasteiger partial charge in [0, 0.05) is 5.02 Å². The first kappa shape index (κ1) is 18.9. The minimum atomic E-state index is -4.07. The van der Waals surface area contributed by atoms with Gasteiger partial charge in [0.1, 0.15) is 11.9 Å². The topological polar surface area (TPSA) is 73.7 Å². The average molecular weight is 474 g/mol. The quantitative estimate of drug-likeness (QED) is 0.503. The molecule has 26 heavy (non-hydrogen) atoms. The zero-order valence-electron chi connectivity index (χ0n) is 12.7. The number of nitrogens with zero attached hydrogens (tertiary/aromatic N) is 1. The van der Waals surface area contributed by atoms with Crippen LogP contribution in [0.15, 0.2) is 56.9 Å². The summed E-state index contributed by atoms with van der Waals surface area (Å²) in [5.74, 6) is -0.726. The van der Waals surface area contributed by atoms with Crippen molar-refractivity contribution in [1.29, 1.82) is 5.26 Å². The van der Waals surface area contributed by atoms with Gasteiger partial charge in [-0.05, 0) is 51.8 Å². The minimum absolute atomic E-state index is 0.0883. The SMILES string of the molecule is N#Cc1c(-c2ccc(Cl)cc2)[nH]c(S(=O)(=O)c2ccc(F)c(Cl)c2)c1Br. The number of benzene rings is 2. The molecule has 0 amide bonds. The molecule has 0 atom stereocenters. The highest BCUT2D eigenvalue weighted by Gasteiger charge is 2.28. The number of nitrogens with one attached hydrogen (secondary N) is 1. The molecule has 1 aromatic heterocycles. The number of hydrogen-bond acceptors (Lipinski definition) is 3. The fourth-order valence-corrected chi connectivity index (χ4v) is 5.07. The Morgan fingerprint density at radius 1 is 1.12 bits per heavy atom. The summed E-state index contributed by atoms with van der Waals surface area (Å²) >= 11 is 14.7. The molecule has 2 aromatic carbocycles. The maximum atomic E-state index is 13.3. The molecule has 9 heteroatoms. The second-order valence-electron chi connectivity index (χ2n) is 5.22. The zero-order chi connectivity index (χ0) is 19.1. The summed E-state index contributed by atoms with van der Waals surface area (Å²) in [5.41, 5.74) is 1.03. The van der Waals surface area contributed by atoms with E-state index in [9.17, 15) is 18.1 Å². The lowest BCUT2D eigenvalue weighted by atomic mass is 10.1. The van der Waals surface area contributed by atoms with E-state index in [-0.39, 0.29) is 25.0 Å². The van der Waals surface area contributed by atoms with Crippen molar-refractivity contribution in [2.24, 2.45) is 0 Å². The Labute approximate surface area is 167 Å². The summed E-state index contributed by atoms with van der Waals surface area (Å²) in [4.78, 5) is 2.58. The van der Waals surface area contributed by atoms with Crippen molar-refractivity contribution in [1.82, 2.24) is 4.98 Å². The molecule has 0 spiro atoms. The second-order valence-corrected chi connectivity index (χ2v) is 8.74. The van der Waals surface area contributed by atoms with Crippen molar-refractivity contribution >= 4 is 49.0 Å². The fourth-order valence-electron chi connectivity index (χ4n) is 2.34. The Morgan fingerprint density at radius 2 is 1.77 bits per heavy atom. The van der Waals surface area contributed by atoms with Crippen LogP contribution in [0.3, 0.4) is 0 Å². The molecule has 0 aliphatic rings. The van der Waals surface area contributed by atoms with Gasteiger partial charge in [-0.3, -0.25) is 0 Å². The molecular weight excluding hydrogens is 466 g/mol. The summed E-state index contributed by atoms with van der Waals surface area (Å²) < 4.78 is 39.3. The zero-order valence-corrected chi connectivity index (χ0v) is 16.6. The standard InChI is InChI=1S/C17H8BrCl2FN2O2S/c18-15-12(8-22)16(9-1-3-10(19)4-2-9)23-17(15)26(24,25)11-5-6-14(21)13(20)7-11/h1-7,23H. The van der Waals surface area contributed by atoms with Crippen molar-refractivity contribution in [3.05, 3.63) is 68.4 Å². The van der Waals surface area contributed by atoms with Crippen LogP contribution in [-0.4, -0.2) is 13.4 Å². The Bertz CT molecular complexity index is 1150. The third-order valence-corrected chi connectivity index (χ3v) is 6.94. The Kier molecular flexibility index (Phi) is 5.13. The highest BCUT2D eigenvalue weighted by molar-refractivity contribution is 9.10. The molecule has 0 unspecified atom stereocenters. The lowest BCUT2D eigenvalue weighted by molar-refractivity contribution is 0.591. The number of H-pyrrole nitrogens is 1. The van der Waals surface area contributed by atoms with Crippen molar-refractivity contribution in [2.45, 2.75) is 9.92 Å². The van der Waals surface area contributed by atoms with E-state index in [1.54, 1.807) is 24.3 Å². The molecule has 0 aliphatic carbocycles. The van der Waals surface area contributed by atoms with Gasteiger partial charge >= 0.3 is 0 Å². The summed E-state index contributed by atoms with van der Waals surface area (Å²) in [6.07, 6.45) is 0. The summed E-state index contributed by atoms with van der Waals surface area (Å²) in [5, 5.41) is 9.43. The van der Waals surface area contributed by atoms with E-state index >= 15 is 0 Å². The molecule has 1 heterocycles. The van der Waals surface area contributed by atoms with Crippen molar-refractivity contribution in [3.8, 4) is 17.3 Å². The number of halogens is 4. The van der Waals surface area contributed by atoms with Gasteiger partial charge in [0.25, 0.3) is 0 Å². The van der Waals surface area contributed by atoms with Crippen LogP contribution >= 0.6 is 39.1 Å². The van der Waals surface area contributed by atoms with Gasteiger partial charge in [0.2, 0.25) is 9.84 Å². The predicted molar refractivity (Wildman–Crippen MR) is 101 cm³/mol. The maximum absolute atomic E-state index is 13.3. The summed E-state index contributed by atoms with van der Waals surface area (Å²) in [6.45, 7) is 0. The number of sulfone groups is 1. The van der Waals surface area contributed by atoms with E-state index in [2.05, 4.69) is 20.9 Å². The predicted octanol–water partition coefficient (Wildman–Crippen LogP) is 5.59. The van der Waals surface area contributed by atoms with Gasteiger partial charge in [-0.2, -0.15) is 5.26 Å². The van der Waals surface area contributed by atoms with Gasteiger partial charge in [-0.1, -0.05) is 35.3 Å². The van der Waals surface area contributed by atoms with Gasteiger partial charge in [0.05, 0.1) is 25.6 Å². The Balaban J connectivity index is 2.21. The van der Waals surface area contributed by atoms with E-state index in [1.165, 1.54) is 0 Å². The first-order valence-electron chi connectivity index (χ1n) is 7.03. The summed E-state index contributed by atoms with van der Waals surface area (Å²) in [7, 11) is -4.07. The van der Waals surface area contributed by atoms with E-state index in [1.807, 2.05) is 6.07 Å². The van der Waals surface area contributed by atoms with Crippen LogP contribution in [0.2, 0.25) is 10.0 Å². The van der Waals surface area contributed by atoms with E-state index in [0.717, 1.165) is 18.2 Å². The number of hydrogen-bond donors (Lipinski definition) is 1. The van der Waals surface area contributed by atoms with Crippen LogP contribution in [0.1, 0.15) is 5.56 Å². The molecule has 0 fully saturated rings. The smallest absolute Gasteiger partial charge is 0.223 e. The molecule has 0 saturated carbocycles. The van der Waals surface area contributed by atoms with Crippen molar-refractivity contribution < 1.29 is 12.8 Å². The fraction of sp³-hybridized carbons (Fsp3) is 0. The highest BCUT2D eigenvalue weighted by Crippen LogP contribution is 2.37. The van der Waals surface area contributed by atoms with Crippen LogP contribution in [0.4, 0.5) is 4.39 Å². The summed E-state index contributed by atoms with van der Waals surface area (Å²) in [6, 6.07) is 11.6. The molecule has 3 rings (SSSR count). The maximum Gasteiger partial charge on any atom is 0.223 e.